The van der Waals surface area contributed by atoms with E-state index in [1.165, 1.54) is 16.7 Å². The Bertz CT molecular complexity index is 809. The van der Waals surface area contributed by atoms with Gasteiger partial charge in [-0.25, -0.2) is 0 Å². The number of pyridine rings is 1. The Hall–Kier alpha value is -2.33. The molecule has 1 aliphatic rings. The van der Waals surface area contributed by atoms with Crippen molar-refractivity contribution in [3.63, 3.8) is 0 Å². The molecule has 1 aromatic carbocycles. The molecule has 0 spiro atoms. The van der Waals surface area contributed by atoms with Crippen LogP contribution in [0.25, 0.3) is 0 Å². The number of aromatic nitrogens is 1. The van der Waals surface area contributed by atoms with E-state index < -0.39 is 0 Å². The summed E-state index contributed by atoms with van der Waals surface area (Å²) < 4.78 is 5.06. The molecule has 0 saturated heterocycles. The summed E-state index contributed by atoms with van der Waals surface area (Å²) >= 11 is 0. The van der Waals surface area contributed by atoms with Crippen molar-refractivity contribution in [2.24, 2.45) is 10.9 Å². The van der Waals surface area contributed by atoms with Crippen LogP contribution >= 0.6 is 0 Å². The Balaban J connectivity index is 1.63. The molecule has 0 radical (unpaired) electrons. The zero-order valence-electron chi connectivity index (χ0n) is 15.8. The minimum atomic E-state index is -0.0147. The van der Waals surface area contributed by atoms with E-state index in [9.17, 15) is 4.79 Å². The normalized spacial score (nSPS) is 14.0. The molecule has 0 fully saturated rings. The minimum absolute atomic E-state index is 0.0147. The Morgan fingerprint density at radius 2 is 1.96 bits per heavy atom. The third-order valence-electron chi connectivity index (χ3n) is 5.06. The van der Waals surface area contributed by atoms with Gasteiger partial charge in [-0.3, -0.25) is 14.8 Å². The van der Waals surface area contributed by atoms with Crippen LogP contribution in [-0.2, 0) is 24.1 Å². The predicted molar refractivity (Wildman–Crippen MR) is 104 cm³/mol. The molecule has 2 aromatic rings. The highest BCUT2D eigenvalue weighted by Crippen LogP contribution is 2.22. The molecule has 1 aromatic heterocycles. The van der Waals surface area contributed by atoms with Gasteiger partial charge < -0.3 is 4.74 Å². The maximum absolute atomic E-state index is 12.4. The predicted octanol–water partition coefficient (Wildman–Crippen LogP) is 4.04. The number of ketones is 1. The van der Waals surface area contributed by atoms with E-state index in [4.69, 9.17) is 4.74 Å². The second kappa shape index (κ2) is 8.37. The van der Waals surface area contributed by atoms with Crippen LogP contribution < -0.4 is 0 Å². The van der Waals surface area contributed by atoms with E-state index >= 15 is 0 Å². The van der Waals surface area contributed by atoms with Gasteiger partial charge in [0.2, 0.25) is 0 Å². The van der Waals surface area contributed by atoms with Gasteiger partial charge in [0, 0.05) is 42.7 Å². The number of benzene rings is 1. The molecule has 0 amide bonds. The maximum Gasteiger partial charge on any atom is 0.165 e. The monoisotopic (exact) mass is 350 g/mol. The summed E-state index contributed by atoms with van der Waals surface area (Å²) in [6.07, 6.45) is 4.42. The summed E-state index contributed by atoms with van der Waals surface area (Å²) in [7, 11) is 1.66. The van der Waals surface area contributed by atoms with Crippen LogP contribution in [0.3, 0.4) is 0 Å². The van der Waals surface area contributed by atoms with Crippen LogP contribution in [0.2, 0.25) is 0 Å². The lowest BCUT2D eigenvalue weighted by Gasteiger charge is -2.11. The number of aryl methyl sites for hydroxylation is 2. The third-order valence-corrected chi connectivity index (χ3v) is 5.06. The van der Waals surface area contributed by atoms with Gasteiger partial charge >= 0.3 is 0 Å². The summed E-state index contributed by atoms with van der Waals surface area (Å²) in [5.41, 5.74) is 6.71. The topological polar surface area (TPSA) is 51.5 Å². The Kier molecular flexibility index (Phi) is 5.94. The highest BCUT2D eigenvalue weighted by atomic mass is 16.5. The summed E-state index contributed by atoms with van der Waals surface area (Å²) in [6, 6.07) is 10.1. The highest BCUT2D eigenvalue weighted by molar-refractivity contribution is 6.02. The first kappa shape index (κ1) is 18.5. The van der Waals surface area contributed by atoms with Crippen LogP contribution in [0.4, 0.5) is 0 Å². The number of aliphatic imine (C=N–C) groups is 1. The molecule has 4 heteroatoms. The first-order valence-corrected chi connectivity index (χ1v) is 9.20. The van der Waals surface area contributed by atoms with E-state index in [2.05, 4.69) is 35.1 Å². The van der Waals surface area contributed by atoms with Crippen LogP contribution in [0.1, 0.15) is 53.0 Å². The molecule has 26 heavy (non-hydrogen) atoms. The standard InChI is InChI=1S/C22H26N2O2/c1-15(11-13-26-3)22(25)18-7-4-17(5-8-18)6-9-20-21-16(2)24-14-19(21)10-12-23-20/h4-5,7-8,10,12,15H,6,9,11,13-14H2,1-3H3. The Morgan fingerprint density at radius 1 is 1.19 bits per heavy atom. The van der Waals surface area contributed by atoms with Gasteiger partial charge in [-0.1, -0.05) is 31.2 Å². The van der Waals surface area contributed by atoms with Crippen molar-refractivity contribution in [1.82, 2.24) is 4.98 Å². The fraction of sp³-hybridized carbons (Fsp3) is 0.409. The van der Waals surface area contributed by atoms with Gasteiger partial charge in [-0.15, -0.1) is 0 Å². The largest absolute Gasteiger partial charge is 0.385 e. The van der Waals surface area contributed by atoms with Crippen LogP contribution in [0.15, 0.2) is 41.5 Å². The van der Waals surface area contributed by atoms with Crippen molar-refractivity contribution in [2.45, 2.75) is 39.7 Å². The van der Waals surface area contributed by atoms with E-state index in [1.54, 1.807) is 7.11 Å². The number of methoxy groups -OCH3 is 1. The van der Waals surface area contributed by atoms with Crippen molar-refractivity contribution < 1.29 is 9.53 Å². The van der Waals surface area contributed by atoms with Gasteiger partial charge in [0.15, 0.2) is 5.78 Å². The van der Waals surface area contributed by atoms with Gasteiger partial charge in [0.1, 0.15) is 0 Å². The average Bonchev–Trinajstić information content (AvgIpc) is 3.06. The van der Waals surface area contributed by atoms with Gasteiger partial charge in [-0.05, 0) is 43.4 Å². The average molecular weight is 350 g/mol. The quantitative estimate of drug-likeness (QED) is 0.675. The van der Waals surface area contributed by atoms with Crippen molar-refractivity contribution in [1.29, 1.82) is 0 Å². The summed E-state index contributed by atoms with van der Waals surface area (Å²) in [5, 5.41) is 0. The molecule has 2 heterocycles. The Labute approximate surface area is 155 Å². The molecule has 1 aliphatic heterocycles. The molecule has 1 unspecified atom stereocenters. The van der Waals surface area contributed by atoms with E-state index in [1.807, 2.05) is 25.3 Å². The van der Waals surface area contributed by atoms with Crippen molar-refractivity contribution in [2.75, 3.05) is 13.7 Å². The lowest BCUT2D eigenvalue weighted by molar-refractivity contribution is 0.0893. The van der Waals surface area contributed by atoms with Gasteiger partial charge in [0.05, 0.1) is 12.2 Å². The molecule has 0 aliphatic carbocycles. The fourth-order valence-corrected chi connectivity index (χ4v) is 3.40. The maximum atomic E-state index is 12.4. The number of Topliss-reactive ketones (excluding diaryl/α,β-unsaturated/α-hetero) is 1. The van der Waals surface area contributed by atoms with Gasteiger partial charge in [0.25, 0.3) is 0 Å². The summed E-state index contributed by atoms with van der Waals surface area (Å²) in [6.45, 7) is 5.40. The van der Waals surface area contributed by atoms with Crippen LogP contribution in [0, 0.1) is 5.92 Å². The molecular weight excluding hydrogens is 324 g/mol. The lowest BCUT2D eigenvalue weighted by atomic mass is 9.95. The molecule has 136 valence electrons. The number of nitrogens with zero attached hydrogens (tertiary/aromatic N) is 2. The fourth-order valence-electron chi connectivity index (χ4n) is 3.40. The SMILES string of the molecule is COCCC(C)C(=O)c1ccc(CCc2nccc3c2C(C)=NC3)cc1. The third kappa shape index (κ3) is 4.07. The van der Waals surface area contributed by atoms with E-state index in [0.29, 0.717) is 6.61 Å². The number of hydrogen-bond donors (Lipinski definition) is 0. The molecular formula is C22H26N2O2. The minimum Gasteiger partial charge on any atom is -0.385 e. The van der Waals surface area contributed by atoms with E-state index in [-0.39, 0.29) is 11.7 Å². The first-order valence-electron chi connectivity index (χ1n) is 9.20. The summed E-state index contributed by atoms with van der Waals surface area (Å²) in [4.78, 5) is 21.5. The first-order chi connectivity index (χ1) is 12.6. The van der Waals surface area contributed by atoms with Crippen molar-refractivity contribution in [3.05, 3.63) is 64.5 Å². The number of fused-ring (bicyclic) bond motifs is 1. The van der Waals surface area contributed by atoms with Crippen LogP contribution in [-0.4, -0.2) is 30.2 Å². The number of ether oxygens (including phenoxy) is 1. The number of rotatable bonds is 8. The van der Waals surface area contributed by atoms with Crippen molar-refractivity contribution >= 4 is 11.5 Å². The highest BCUT2D eigenvalue weighted by Gasteiger charge is 2.17. The van der Waals surface area contributed by atoms with Gasteiger partial charge in [-0.2, -0.15) is 0 Å². The summed E-state index contributed by atoms with van der Waals surface area (Å²) in [5.74, 6) is 0.169. The molecule has 0 N–H and O–H groups in total. The smallest absolute Gasteiger partial charge is 0.165 e. The molecule has 0 bridgehead atoms. The lowest BCUT2D eigenvalue weighted by Crippen LogP contribution is -2.13. The molecule has 1 atom stereocenters. The second-order valence-electron chi connectivity index (χ2n) is 6.94. The molecule has 3 rings (SSSR count). The zero-order valence-corrected chi connectivity index (χ0v) is 15.8. The zero-order chi connectivity index (χ0) is 18.5. The van der Waals surface area contributed by atoms with Crippen molar-refractivity contribution in [3.8, 4) is 0 Å². The Morgan fingerprint density at radius 3 is 2.69 bits per heavy atom. The molecule has 4 nitrogen and oxygen atoms in total. The van der Waals surface area contributed by atoms with E-state index in [0.717, 1.165) is 42.8 Å². The number of carbonyl (C=O) groups is 1. The van der Waals surface area contributed by atoms with Crippen LogP contribution in [0.5, 0.6) is 0 Å². The number of carbonyl (C=O) groups excluding carboxylic acids is 1. The number of hydrogen-bond acceptors (Lipinski definition) is 4. The molecule has 0 saturated carbocycles. The second-order valence-corrected chi connectivity index (χ2v) is 6.94.